The van der Waals surface area contributed by atoms with Crippen LogP contribution >= 0.6 is 0 Å². The topological polar surface area (TPSA) is 38.3 Å². The number of piperidine rings is 1. The molecule has 0 amide bonds. The van der Waals surface area contributed by atoms with E-state index in [9.17, 15) is 4.79 Å². The van der Waals surface area contributed by atoms with E-state index in [1.807, 2.05) is 6.92 Å². The lowest BCUT2D eigenvalue weighted by atomic mass is 9.95. The van der Waals surface area contributed by atoms with Crippen LogP contribution in [-0.2, 0) is 9.53 Å². The first-order chi connectivity index (χ1) is 6.33. The van der Waals surface area contributed by atoms with Gasteiger partial charge in [-0.05, 0) is 45.2 Å². The zero-order valence-corrected chi connectivity index (χ0v) is 8.34. The van der Waals surface area contributed by atoms with E-state index in [0.717, 1.165) is 19.5 Å². The molecule has 0 radical (unpaired) electrons. The third-order valence-electron chi connectivity index (χ3n) is 2.46. The Morgan fingerprint density at radius 1 is 1.62 bits per heavy atom. The minimum absolute atomic E-state index is 0.0481. The van der Waals surface area contributed by atoms with Gasteiger partial charge in [-0.25, -0.2) is 0 Å². The van der Waals surface area contributed by atoms with Crippen LogP contribution in [-0.4, -0.2) is 25.7 Å². The molecule has 1 fully saturated rings. The van der Waals surface area contributed by atoms with Crippen LogP contribution in [0.4, 0.5) is 0 Å². The molecule has 76 valence electrons. The van der Waals surface area contributed by atoms with E-state index < -0.39 is 0 Å². The fraction of sp³-hybridized carbons (Fsp3) is 0.900. The Hall–Kier alpha value is -0.570. The summed E-state index contributed by atoms with van der Waals surface area (Å²) in [5, 5.41) is 3.34. The summed E-state index contributed by atoms with van der Waals surface area (Å²) < 4.78 is 4.87. The predicted octanol–water partition coefficient (Wildman–Crippen LogP) is 1.33. The van der Waals surface area contributed by atoms with Crippen molar-refractivity contribution in [1.29, 1.82) is 0 Å². The summed E-state index contributed by atoms with van der Waals surface area (Å²) in [5.41, 5.74) is 0. The van der Waals surface area contributed by atoms with E-state index >= 15 is 0 Å². The molecular weight excluding hydrogens is 166 g/mol. The van der Waals surface area contributed by atoms with Crippen molar-refractivity contribution in [3.63, 3.8) is 0 Å². The van der Waals surface area contributed by atoms with Crippen LogP contribution in [0.1, 0.15) is 32.6 Å². The molecule has 0 saturated carbocycles. The lowest BCUT2D eigenvalue weighted by Crippen LogP contribution is -2.30. The number of esters is 1. The molecule has 1 N–H and O–H groups in total. The summed E-state index contributed by atoms with van der Waals surface area (Å²) in [6.07, 6.45) is 4.06. The quantitative estimate of drug-likeness (QED) is 0.671. The first kappa shape index (κ1) is 10.5. The molecule has 0 aliphatic carbocycles. The molecule has 1 aliphatic rings. The van der Waals surface area contributed by atoms with Gasteiger partial charge in [-0.15, -0.1) is 0 Å². The highest BCUT2D eigenvalue weighted by Gasteiger charge is 2.14. The molecule has 0 aromatic rings. The molecule has 0 spiro atoms. The first-order valence-electron chi connectivity index (χ1n) is 5.19. The monoisotopic (exact) mass is 185 g/mol. The van der Waals surface area contributed by atoms with Gasteiger partial charge in [0.25, 0.3) is 0 Å². The summed E-state index contributed by atoms with van der Waals surface area (Å²) >= 11 is 0. The Kier molecular flexibility index (Phi) is 4.83. The number of hydrogen-bond acceptors (Lipinski definition) is 3. The third kappa shape index (κ3) is 4.27. The van der Waals surface area contributed by atoms with Crippen molar-refractivity contribution in [3.05, 3.63) is 0 Å². The molecule has 1 heterocycles. The Balaban J connectivity index is 2.06. The van der Waals surface area contributed by atoms with Gasteiger partial charge < -0.3 is 10.1 Å². The SMILES string of the molecule is CCOC(=O)CC[C@H]1CCCNC1. The maximum atomic E-state index is 11.0. The van der Waals surface area contributed by atoms with Crippen LogP contribution in [0.25, 0.3) is 0 Å². The zero-order chi connectivity index (χ0) is 9.52. The molecule has 0 unspecified atom stereocenters. The zero-order valence-electron chi connectivity index (χ0n) is 8.34. The number of hydrogen-bond donors (Lipinski definition) is 1. The van der Waals surface area contributed by atoms with Crippen molar-refractivity contribution in [2.75, 3.05) is 19.7 Å². The molecule has 1 atom stereocenters. The molecule has 3 nitrogen and oxygen atoms in total. The van der Waals surface area contributed by atoms with E-state index in [-0.39, 0.29) is 5.97 Å². The minimum atomic E-state index is -0.0481. The average Bonchev–Trinajstić information content (AvgIpc) is 2.17. The van der Waals surface area contributed by atoms with Gasteiger partial charge in [0.05, 0.1) is 6.61 Å². The van der Waals surface area contributed by atoms with E-state index in [2.05, 4.69) is 5.32 Å². The summed E-state index contributed by atoms with van der Waals surface area (Å²) in [7, 11) is 0. The Labute approximate surface area is 79.8 Å². The number of nitrogens with one attached hydrogen (secondary N) is 1. The summed E-state index contributed by atoms with van der Waals surface area (Å²) in [4.78, 5) is 11.0. The van der Waals surface area contributed by atoms with Gasteiger partial charge >= 0.3 is 5.97 Å². The van der Waals surface area contributed by atoms with Crippen molar-refractivity contribution in [2.45, 2.75) is 32.6 Å². The maximum absolute atomic E-state index is 11.0. The maximum Gasteiger partial charge on any atom is 0.305 e. The summed E-state index contributed by atoms with van der Waals surface area (Å²) in [5.74, 6) is 0.631. The molecule has 1 rings (SSSR count). The number of carbonyl (C=O) groups is 1. The molecule has 13 heavy (non-hydrogen) atoms. The van der Waals surface area contributed by atoms with Gasteiger partial charge in [-0.3, -0.25) is 4.79 Å². The molecular formula is C10H19NO2. The second kappa shape index (κ2) is 5.97. The van der Waals surface area contributed by atoms with Gasteiger partial charge in [0.15, 0.2) is 0 Å². The molecule has 3 heteroatoms. The Bertz CT molecular complexity index is 153. The highest BCUT2D eigenvalue weighted by Crippen LogP contribution is 2.15. The fourth-order valence-corrected chi connectivity index (χ4v) is 1.73. The fourth-order valence-electron chi connectivity index (χ4n) is 1.73. The van der Waals surface area contributed by atoms with Gasteiger partial charge in [0, 0.05) is 6.42 Å². The van der Waals surface area contributed by atoms with Gasteiger partial charge in [0.1, 0.15) is 0 Å². The lowest BCUT2D eigenvalue weighted by molar-refractivity contribution is -0.143. The molecule has 0 aromatic heterocycles. The number of carbonyl (C=O) groups excluding carboxylic acids is 1. The van der Waals surface area contributed by atoms with E-state index in [4.69, 9.17) is 4.74 Å². The van der Waals surface area contributed by atoms with E-state index in [1.54, 1.807) is 0 Å². The molecule has 1 saturated heterocycles. The van der Waals surface area contributed by atoms with Crippen LogP contribution in [0.2, 0.25) is 0 Å². The smallest absolute Gasteiger partial charge is 0.305 e. The summed E-state index contributed by atoms with van der Waals surface area (Å²) in [6.45, 7) is 4.55. The van der Waals surface area contributed by atoms with Crippen LogP contribution < -0.4 is 5.32 Å². The lowest BCUT2D eigenvalue weighted by Gasteiger charge is -2.21. The second-order valence-corrected chi connectivity index (χ2v) is 3.56. The van der Waals surface area contributed by atoms with Gasteiger partial charge in [0.2, 0.25) is 0 Å². The molecule has 0 bridgehead atoms. The summed E-state index contributed by atoms with van der Waals surface area (Å²) in [6, 6.07) is 0. The normalized spacial score (nSPS) is 22.7. The molecule has 0 aromatic carbocycles. The number of ether oxygens (including phenoxy) is 1. The van der Waals surface area contributed by atoms with Crippen LogP contribution in [0.5, 0.6) is 0 Å². The largest absolute Gasteiger partial charge is 0.466 e. The van der Waals surface area contributed by atoms with Crippen molar-refractivity contribution >= 4 is 5.97 Å². The van der Waals surface area contributed by atoms with E-state index in [1.165, 1.54) is 12.8 Å². The van der Waals surface area contributed by atoms with Gasteiger partial charge in [-0.1, -0.05) is 0 Å². The Morgan fingerprint density at radius 2 is 2.46 bits per heavy atom. The minimum Gasteiger partial charge on any atom is -0.466 e. The van der Waals surface area contributed by atoms with Crippen molar-refractivity contribution in [1.82, 2.24) is 5.32 Å². The van der Waals surface area contributed by atoms with Crippen molar-refractivity contribution < 1.29 is 9.53 Å². The highest BCUT2D eigenvalue weighted by molar-refractivity contribution is 5.69. The van der Waals surface area contributed by atoms with Crippen LogP contribution in [0, 0.1) is 5.92 Å². The third-order valence-corrected chi connectivity index (χ3v) is 2.46. The van der Waals surface area contributed by atoms with Gasteiger partial charge in [-0.2, -0.15) is 0 Å². The second-order valence-electron chi connectivity index (χ2n) is 3.56. The average molecular weight is 185 g/mol. The van der Waals surface area contributed by atoms with Crippen LogP contribution in [0.15, 0.2) is 0 Å². The predicted molar refractivity (Wildman–Crippen MR) is 51.5 cm³/mol. The van der Waals surface area contributed by atoms with Crippen molar-refractivity contribution in [2.24, 2.45) is 5.92 Å². The first-order valence-corrected chi connectivity index (χ1v) is 5.19. The van der Waals surface area contributed by atoms with E-state index in [0.29, 0.717) is 18.9 Å². The molecule has 1 aliphatic heterocycles. The highest BCUT2D eigenvalue weighted by atomic mass is 16.5. The van der Waals surface area contributed by atoms with Crippen molar-refractivity contribution in [3.8, 4) is 0 Å². The Morgan fingerprint density at radius 3 is 3.08 bits per heavy atom. The number of rotatable bonds is 4. The standard InChI is InChI=1S/C10H19NO2/c1-2-13-10(12)6-5-9-4-3-7-11-8-9/h9,11H,2-8H2,1H3/t9-/m1/s1. The van der Waals surface area contributed by atoms with Crippen LogP contribution in [0.3, 0.4) is 0 Å².